The van der Waals surface area contributed by atoms with Gasteiger partial charge in [0, 0.05) is 7.05 Å². The van der Waals surface area contributed by atoms with Crippen LogP contribution in [0.4, 0.5) is 0 Å². The van der Waals surface area contributed by atoms with E-state index in [0.29, 0.717) is 0 Å². The van der Waals surface area contributed by atoms with Gasteiger partial charge >= 0.3 is 0 Å². The number of carbonyl (C=O) groups excluding carboxylic acids is 1. The number of hydrogen-bond donors (Lipinski definition) is 3. The first-order valence-electron chi connectivity index (χ1n) is 5.26. The zero-order valence-corrected chi connectivity index (χ0v) is 9.37. The molecule has 1 aliphatic rings. The second-order valence-corrected chi connectivity index (χ2v) is 4.03. The molecule has 0 spiro atoms. The molecule has 1 aromatic heterocycles. The summed E-state index contributed by atoms with van der Waals surface area (Å²) in [7, 11) is 1.62. The van der Waals surface area contributed by atoms with Crippen molar-refractivity contribution in [2.45, 2.75) is 18.9 Å². The summed E-state index contributed by atoms with van der Waals surface area (Å²) in [5.74, 6) is -0.113. The number of hydrogen-bond acceptors (Lipinski definition) is 5. The minimum atomic E-state index is -0.436. The molecule has 0 saturated heterocycles. The molecule has 1 heterocycles. The van der Waals surface area contributed by atoms with Crippen LogP contribution < -0.4 is 11.1 Å². The zero-order chi connectivity index (χ0) is 12.4. The van der Waals surface area contributed by atoms with Gasteiger partial charge in [0.1, 0.15) is 0 Å². The van der Waals surface area contributed by atoms with Crippen LogP contribution in [0, 0.1) is 5.92 Å². The van der Waals surface area contributed by atoms with Crippen molar-refractivity contribution in [3.63, 3.8) is 0 Å². The minimum absolute atomic E-state index is 0.0183. The van der Waals surface area contributed by atoms with Gasteiger partial charge in [0.25, 0.3) is 5.91 Å². The lowest BCUT2D eigenvalue weighted by atomic mass is 10.1. The molecule has 92 valence electrons. The number of aromatic nitrogens is 3. The second kappa shape index (κ2) is 4.40. The van der Waals surface area contributed by atoms with Gasteiger partial charge in [-0.05, 0) is 18.8 Å². The van der Waals surface area contributed by atoms with Crippen LogP contribution in [-0.4, -0.2) is 38.0 Å². The molecule has 1 atom stereocenters. The first kappa shape index (κ1) is 11.4. The molecule has 1 aliphatic carbocycles. The van der Waals surface area contributed by atoms with Crippen molar-refractivity contribution < 1.29 is 10.0 Å². The number of oxime groups is 1. The zero-order valence-electron chi connectivity index (χ0n) is 9.37. The maximum absolute atomic E-state index is 11.8. The van der Waals surface area contributed by atoms with Gasteiger partial charge in [-0.3, -0.25) is 4.79 Å². The largest absolute Gasteiger partial charge is 0.409 e. The van der Waals surface area contributed by atoms with Crippen LogP contribution in [0.25, 0.3) is 0 Å². The van der Waals surface area contributed by atoms with Crippen LogP contribution >= 0.6 is 0 Å². The average molecular weight is 238 g/mol. The molecule has 4 N–H and O–H groups in total. The summed E-state index contributed by atoms with van der Waals surface area (Å²) in [4.78, 5) is 13.1. The first-order chi connectivity index (χ1) is 8.11. The lowest BCUT2D eigenvalue weighted by Crippen LogP contribution is -2.46. The van der Waals surface area contributed by atoms with Gasteiger partial charge in [-0.1, -0.05) is 5.16 Å². The smallest absolute Gasteiger partial charge is 0.274 e. The van der Waals surface area contributed by atoms with E-state index in [1.54, 1.807) is 7.05 Å². The Morgan fingerprint density at radius 3 is 2.94 bits per heavy atom. The molecule has 0 bridgehead atoms. The van der Waals surface area contributed by atoms with E-state index in [9.17, 15) is 4.79 Å². The number of rotatable bonds is 4. The number of nitrogens with one attached hydrogen (secondary N) is 1. The van der Waals surface area contributed by atoms with Crippen LogP contribution in [-0.2, 0) is 7.05 Å². The summed E-state index contributed by atoms with van der Waals surface area (Å²) >= 11 is 0. The van der Waals surface area contributed by atoms with Crippen molar-refractivity contribution >= 4 is 11.7 Å². The van der Waals surface area contributed by atoms with E-state index < -0.39 is 6.04 Å². The average Bonchev–Trinajstić information content (AvgIpc) is 3.06. The minimum Gasteiger partial charge on any atom is -0.409 e. The van der Waals surface area contributed by atoms with Gasteiger partial charge in [-0.25, -0.2) is 0 Å². The Bertz CT molecular complexity index is 450. The van der Waals surface area contributed by atoms with Crippen molar-refractivity contribution in [1.82, 2.24) is 20.3 Å². The molecule has 1 amide bonds. The normalized spacial score (nSPS) is 17.8. The highest BCUT2D eigenvalue weighted by Gasteiger charge is 2.35. The lowest BCUT2D eigenvalue weighted by molar-refractivity contribution is 0.0937. The van der Waals surface area contributed by atoms with E-state index >= 15 is 0 Å². The van der Waals surface area contributed by atoms with E-state index in [-0.39, 0.29) is 23.4 Å². The van der Waals surface area contributed by atoms with E-state index in [1.165, 1.54) is 11.0 Å². The van der Waals surface area contributed by atoms with Crippen LogP contribution in [0.1, 0.15) is 23.3 Å². The molecule has 8 heteroatoms. The Hall–Kier alpha value is -2.12. The summed E-state index contributed by atoms with van der Waals surface area (Å²) in [6.45, 7) is 0. The molecule has 1 fully saturated rings. The first-order valence-corrected chi connectivity index (χ1v) is 5.26. The quantitative estimate of drug-likeness (QED) is 0.271. The topological polar surface area (TPSA) is 118 Å². The number of amides is 1. The molecule has 8 nitrogen and oxygen atoms in total. The third kappa shape index (κ3) is 2.52. The summed E-state index contributed by atoms with van der Waals surface area (Å²) in [6.07, 6.45) is 3.29. The molecule has 0 radical (unpaired) electrons. The Morgan fingerprint density at radius 1 is 1.76 bits per heavy atom. The van der Waals surface area contributed by atoms with Crippen LogP contribution in [0.2, 0.25) is 0 Å². The van der Waals surface area contributed by atoms with E-state index in [4.69, 9.17) is 10.9 Å². The fourth-order valence-electron chi connectivity index (χ4n) is 1.59. The maximum atomic E-state index is 11.8. The molecule has 1 aromatic rings. The van der Waals surface area contributed by atoms with Crippen molar-refractivity contribution in [3.8, 4) is 0 Å². The Morgan fingerprint density at radius 2 is 2.47 bits per heavy atom. The standard InChI is InChI=1S/C9H14N6O2/c1-15-11-4-6(13-15)9(16)12-7(5-2-3-5)8(10)14-17/h4-5,7,17H,2-3H2,1H3,(H2,10,14)(H,12,16). The number of nitrogens with two attached hydrogens (primary N) is 1. The highest BCUT2D eigenvalue weighted by atomic mass is 16.4. The predicted molar refractivity (Wildman–Crippen MR) is 58.4 cm³/mol. The van der Waals surface area contributed by atoms with Crippen molar-refractivity contribution in [2.24, 2.45) is 23.9 Å². The SMILES string of the molecule is Cn1ncc(C(=O)NC(C(N)=NO)C2CC2)n1. The summed E-state index contributed by atoms with van der Waals surface area (Å²) in [5, 5.41) is 22.0. The molecule has 0 aliphatic heterocycles. The van der Waals surface area contributed by atoms with Gasteiger partial charge in [0.2, 0.25) is 0 Å². The fraction of sp³-hybridized carbons (Fsp3) is 0.556. The maximum Gasteiger partial charge on any atom is 0.274 e. The highest BCUT2D eigenvalue weighted by molar-refractivity contribution is 5.96. The Labute approximate surface area is 97.5 Å². The molecule has 2 rings (SSSR count). The van der Waals surface area contributed by atoms with Crippen LogP contribution in [0.5, 0.6) is 0 Å². The molecular formula is C9H14N6O2. The van der Waals surface area contributed by atoms with Crippen molar-refractivity contribution in [2.75, 3.05) is 0 Å². The third-order valence-electron chi connectivity index (χ3n) is 2.65. The molecule has 1 unspecified atom stereocenters. The van der Waals surface area contributed by atoms with Gasteiger partial charge in [-0.15, -0.1) is 5.10 Å². The number of amidine groups is 1. The second-order valence-electron chi connectivity index (χ2n) is 4.03. The predicted octanol–water partition coefficient (Wildman–Crippen LogP) is -0.930. The van der Waals surface area contributed by atoms with Gasteiger partial charge in [-0.2, -0.15) is 9.90 Å². The Balaban J connectivity index is 2.05. The fourth-order valence-corrected chi connectivity index (χ4v) is 1.59. The van der Waals surface area contributed by atoms with Crippen LogP contribution in [0.3, 0.4) is 0 Å². The van der Waals surface area contributed by atoms with E-state index in [0.717, 1.165) is 12.8 Å². The van der Waals surface area contributed by atoms with Crippen LogP contribution in [0.15, 0.2) is 11.4 Å². The molecular weight excluding hydrogens is 224 g/mol. The van der Waals surface area contributed by atoms with Gasteiger partial charge in [0.05, 0.1) is 12.2 Å². The summed E-state index contributed by atoms with van der Waals surface area (Å²) < 4.78 is 0. The van der Waals surface area contributed by atoms with Crippen molar-refractivity contribution in [3.05, 3.63) is 11.9 Å². The lowest BCUT2D eigenvalue weighted by Gasteiger charge is -2.15. The number of carbonyl (C=O) groups is 1. The molecule has 1 saturated carbocycles. The monoisotopic (exact) mass is 238 g/mol. The van der Waals surface area contributed by atoms with Gasteiger partial charge in [0.15, 0.2) is 11.5 Å². The summed E-state index contributed by atoms with van der Waals surface area (Å²) in [5.41, 5.74) is 5.75. The van der Waals surface area contributed by atoms with E-state index in [1.807, 2.05) is 0 Å². The molecule has 0 aromatic carbocycles. The Kier molecular flexibility index (Phi) is 2.94. The van der Waals surface area contributed by atoms with Crippen molar-refractivity contribution in [1.29, 1.82) is 0 Å². The van der Waals surface area contributed by atoms with Gasteiger partial charge < -0.3 is 16.3 Å². The molecule has 17 heavy (non-hydrogen) atoms. The van der Waals surface area contributed by atoms with E-state index in [2.05, 4.69) is 20.7 Å². The highest BCUT2D eigenvalue weighted by Crippen LogP contribution is 2.32. The summed E-state index contributed by atoms with van der Waals surface area (Å²) in [6, 6.07) is -0.436. The third-order valence-corrected chi connectivity index (χ3v) is 2.65. The number of aryl methyl sites for hydroxylation is 1. The number of nitrogens with zero attached hydrogens (tertiary/aromatic N) is 4.